The summed E-state index contributed by atoms with van der Waals surface area (Å²) in [5.41, 5.74) is 0.0885. The third-order valence-electron chi connectivity index (χ3n) is 4.91. The Kier molecular flexibility index (Phi) is 4.28. The van der Waals surface area contributed by atoms with Crippen LogP contribution in [0.25, 0.3) is 0 Å². The van der Waals surface area contributed by atoms with Gasteiger partial charge in [-0.05, 0) is 11.6 Å². The maximum absolute atomic E-state index is 12.7. The summed E-state index contributed by atoms with van der Waals surface area (Å²) < 4.78 is 33.0. The number of nitrogens with zero attached hydrogens (tertiary/aromatic N) is 4. The predicted molar refractivity (Wildman–Crippen MR) is 93.0 cm³/mol. The highest BCUT2D eigenvalue weighted by Crippen LogP contribution is 2.33. The van der Waals surface area contributed by atoms with E-state index < -0.39 is 20.7 Å². The van der Waals surface area contributed by atoms with Crippen LogP contribution in [0.15, 0.2) is 43.2 Å². The van der Waals surface area contributed by atoms with Crippen LogP contribution in [0, 0.1) is 0 Å². The maximum Gasteiger partial charge on any atom is 0.227 e. The number of likely N-dealkylation sites (tertiary alicyclic amines) is 1. The molecule has 0 saturated carbocycles. The molecule has 1 spiro atoms. The van der Waals surface area contributed by atoms with Gasteiger partial charge >= 0.3 is 0 Å². The number of sulfone groups is 1. The van der Waals surface area contributed by atoms with Gasteiger partial charge in [-0.3, -0.25) is 9.78 Å². The van der Waals surface area contributed by atoms with Gasteiger partial charge < -0.3 is 14.2 Å². The minimum Gasteiger partial charge on any atom is -0.369 e. The van der Waals surface area contributed by atoms with Gasteiger partial charge in [0.1, 0.15) is 10.9 Å². The second-order valence-corrected chi connectivity index (χ2v) is 9.25. The van der Waals surface area contributed by atoms with Crippen LogP contribution in [0.2, 0.25) is 0 Å². The lowest BCUT2D eigenvalue weighted by molar-refractivity contribution is -0.164. The molecule has 0 aromatic carbocycles. The number of imidazole rings is 1. The molecule has 4 heterocycles. The summed E-state index contributed by atoms with van der Waals surface area (Å²) in [4.78, 5) is 21.9. The van der Waals surface area contributed by atoms with Gasteiger partial charge in [-0.15, -0.1) is 0 Å². The Labute approximate surface area is 151 Å². The summed E-state index contributed by atoms with van der Waals surface area (Å²) in [6.45, 7) is 1.12. The first-order valence-electron chi connectivity index (χ1n) is 8.44. The molecule has 138 valence electrons. The predicted octanol–water partition coefficient (Wildman–Crippen LogP) is -0.0846. The van der Waals surface area contributed by atoms with Gasteiger partial charge in [0.15, 0.2) is 9.84 Å². The lowest BCUT2D eigenvalue weighted by Crippen LogP contribution is -2.70. The first-order valence-corrected chi connectivity index (χ1v) is 10.2. The van der Waals surface area contributed by atoms with Crippen LogP contribution >= 0.6 is 0 Å². The standard InChI is InChI=1S/C17H20N4O4S/c22-16(6-14-2-1-3-18-7-14)21-10-17(11-21)12-26(23,24)15(9-25-17)8-20-5-4-19-13-20/h1-5,7,13,15H,6,8-12H2/t15-/m0/s1. The third kappa shape index (κ3) is 3.36. The van der Waals surface area contributed by atoms with Crippen molar-refractivity contribution in [1.82, 2.24) is 19.4 Å². The lowest BCUT2D eigenvalue weighted by Gasteiger charge is -2.52. The van der Waals surface area contributed by atoms with Crippen LogP contribution < -0.4 is 0 Å². The van der Waals surface area contributed by atoms with E-state index in [0.29, 0.717) is 19.6 Å². The van der Waals surface area contributed by atoms with Gasteiger partial charge in [-0.2, -0.15) is 0 Å². The molecule has 0 bridgehead atoms. The van der Waals surface area contributed by atoms with Crippen LogP contribution in [0.3, 0.4) is 0 Å². The van der Waals surface area contributed by atoms with Crippen molar-refractivity contribution in [3.05, 3.63) is 48.8 Å². The van der Waals surface area contributed by atoms with Crippen LogP contribution in [0.5, 0.6) is 0 Å². The molecule has 1 atom stereocenters. The summed E-state index contributed by atoms with van der Waals surface area (Å²) in [6, 6.07) is 3.64. The maximum atomic E-state index is 12.7. The minimum atomic E-state index is -3.30. The summed E-state index contributed by atoms with van der Waals surface area (Å²) in [7, 11) is -3.30. The van der Waals surface area contributed by atoms with E-state index in [2.05, 4.69) is 9.97 Å². The summed E-state index contributed by atoms with van der Waals surface area (Å²) in [5.74, 6) is -0.0825. The Hall–Kier alpha value is -2.26. The largest absolute Gasteiger partial charge is 0.369 e. The first kappa shape index (κ1) is 17.2. The number of pyridine rings is 1. The minimum absolute atomic E-state index is 0.0369. The van der Waals surface area contributed by atoms with Gasteiger partial charge in [0, 0.05) is 31.3 Å². The van der Waals surface area contributed by atoms with Gasteiger partial charge in [-0.1, -0.05) is 6.07 Å². The van der Waals surface area contributed by atoms with Crippen molar-refractivity contribution in [3.8, 4) is 0 Å². The Morgan fingerprint density at radius 2 is 2.15 bits per heavy atom. The summed E-state index contributed by atoms with van der Waals surface area (Å²) in [6.07, 6.45) is 8.54. The van der Waals surface area contributed by atoms with Gasteiger partial charge in [0.25, 0.3) is 0 Å². The van der Waals surface area contributed by atoms with E-state index in [9.17, 15) is 13.2 Å². The van der Waals surface area contributed by atoms with E-state index in [4.69, 9.17) is 4.74 Å². The van der Waals surface area contributed by atoms with Crippen molar-refractivity contribution in [2.75, 3.05) is 25.4 Å². The second kappa shape index (κ2) is 6.48. The molecule has 0 N–H and O–H groups in total. The molecule has 4 rings (SSSR count). The van der Waals surface area contributed by atoms with Crippen molar-refractivity contribution in [3.63, 3.8) is 0 Å². The van der Waals surface area contributed by atoms with E-state index in [0.717, 1.165) is 5.56 Å². The molecular weight excluding hydrogens is 356 g/mol. The molecule has 26 heavy (non-hydrogen) atoms. The molecule has 2 aromatic heterocycles. The third-order valence-corrected chi connectivity index (χ3v) is 7.14. The summed E-state index contributed by atoms with van der Waals surface area (Å²) in [5, 5.41) is -0.581. The molecule has 2 fully saturated rings. The monoisotopic (exact) mass is 376 g/mol. The summed E-state index contributed by atoms with van der Waals surface area (Å²) >= 11 is 0. The molecule has 0 aliphatic carbocycles. The first-order chi connectivity index (χ1) is 12.5. The zero-order chi connectivity index (χ0) is 18.2. The fourth-order valence-electron chi connectivity index (χ4n) is 3.49. The van der Waals surface area contributed by atoms with Crippen molar-refractivity contribution in [2.24, 2.45) is 0 Å². The van der Waals surface area contributed by atoms with E-state index in [-0.39, 0.29) is 24.7 Å². The van der Waals surface area contributed by atoms with E-state index in [1.807, 2.05) is 6.07 Å². The quantitative estimate of drug-likeness (QED) is 0.741. The molecule has 2 saturated heterocycles. The molecular formula is C17H20N4O4S. The number of rotatable bonds is 4. The topological polar surface area (TPSA) is 94.4 Å². The average molecular weight is 376 g/mol. The molecule has 2 aromatic rings. The van der Waals surface area contributed by atoms with Crippen molar-refractivity contribution in [2.45, 2.75) is 23.8 Å². The van der Waals surface area contributed by atoms with E-state index in [1.165, 1.54) is 0 Å². The molecule has 0 radical (unpaired) electrons. The Morgan fingerprint density at radius 3 is 2.81 bits per heavy atom. The Balaban J connectivity index is 1.35. The fraction of sp³-hybridized carbons (Fsp3) is 0.471. The van der Waals surface area contributed by atoms with Crippen molar-refractivity contribution in [1.29, 1.82) is 0 Å². The number of hydrogen-bond donors (Lipinski definition) is 0. The Morgan fingerprint density at radius 1 is 1.31 bits per heavy atom. The number of aromatic nitrogens is 3. The number of amides is 1. The SMILES string of the molecule is O=C(Cc1cccnc1)N1CC2(C1)CS(=O)(=O)[C@@H](Cn1ccnc1)CO2. The normalized spacial score (nSPS) is 23.5. The lowest BCUT2D eigenvalue weighted by atomic mass is 9.95. The number of carbonyl (C=O) groups is 1. The number of ether oxygens (including phenoxy) is 1. The molecule has 1 amide bonds. The highest BCUT2D eigenvalue weighted by molar-refractivity contribution is 7.92. The van der Waals surface area contributed by atoms with Crippen LogP contribution in [-0.2, 0) is 32.3 Å². The van der Waals surface area contributed by atoms with Crippen molar-refractivity contribution >= 4 is 15.7 Å². The van der Waals surface area contributed by atoms with Gasteiger partial charge in [0.2, 0.25) is 5.91 Å². The highest BCUT2D eigenvalue weighted by atomic mass is 32.2. The average Bonchev–Trinajstić information content (AvgIpc) is 3.08. The smallest absolute Gasteiger partial charge is 0.227 e. The zero-order valence-electron chi connectivity index (χ0n) is 14.2. The molecule has 2 aliphatic heterocycles. The molecule has 8 nitrogen and oxygen atoms in total. The van der Waals surface area contributed by atoms with Gasteiger partial charge in [0.05, 0.1) is 38.2 Å². The van der Waals surface area contributed by atoms with Crippen LogP contribution in [-0.4, -0.2) is 70.1 Å². The fourth-order valence-corrected chi connectivity index (χ4v) is 5.40. The number of hydrogen-bond acceptors (Lipinski definition) is 6. The molecule has 0 unspecified atom stereocenters. The van der Waals surface area contributed by atoms with Gasteiger partial charge in [-0.25, -0.2) is 13.4 Å². The Bertz CT molecular complexity index is 877. The highest BCUT2D eigenvalue weighted by Gasteiger charge is 2.53. The zero-order valence-corrected chi connectivity index (χ0v) is 15.0. The molecule has 2 aliphatic rings. The number of carbonyl (C=O) groups excluding carboxylic acids is 1. The van der Waals surface area contributed by atoms with E-state index >= 15 is 0 Å². The van der Waals surface area contributed by atoms with Crippen LogP contribution in [0.1, 0.15) is 5.56 Å². The second-order valence-electron chi connectivity index (χ2n) is 6.97. The van der Waals surface area contributed by atoms with E-state index in [1.54, 1.807) is 46.6 Å². The molecule has 9 heteroatoms. The van der Waals surface area contributed by atoms with Crippen molar-refractivity contribution < 1.29 is 17.9 Å². The van der Waals surface area contributed by atoms with Crippen LogP contribution in [0.4, 0.5) is 0 Å².